The predicted octanol–water partition coefficient (Wildman–Crippen LogP) is -1.46. The van der Waals surface area contributed by atoms with E-state index in [9.17, 15) is 0 Å². The standard InChI is InChI=1S/C8H5N2O.Li/c1-2-7(6-9-3-1)8-10-4-5-11-8;/h1-4,6H;/q-1;+1. The molecular weight excluding hydrogens is 147 g/mol. The molecule has 0 fully saturated rings. The van der Waals surface area contributed by atoms with Gasteiger partial charge in [-0.1, -0.05) is 12.3 Å². The summed E-state index contributed by atoms with van der Waals surface area (Å²) in [6, 6.07) is 3.71. The number of rotatable bonds is 1. The second-order valence-corrected chi connectivity index (χ2v) is 2.02. The van der Waals surface area contributed by atoms with Gasteiger partial charge >= 0.3 is 18.9 Å². The van der Waals surface area contributed by atoms with Crippen molar-refractivity contribution >= 4 is 0 Å². The zero-order chi connectivity index (χ0) is 7.52. The Morgan fingerprint density at radius 3 is 2.92 bits per heavy atom. The van der Waals surface area contributed by atoms with E-state index in [1.54, 1.807) is 12.4 Å². The van der Waals surface area contributed by atoms with E-state index in [4.69, 9.17) is 4.42 Å². The minimum absolute atomic E-state index is 0. The molecule has 54 valence electrons. The molecule has 0 aliphatic heterocycles. The molecule has 0 aliphatic carbocycles. The van der Waals surface area contributed by atoms with Crippen LogP contribution in [-0.2, 0) is 0 Å². The molecule has 0 spiro atoms. The summed E-state index contributed by atoms with van der Waals surface area (Å²) in [4.78, 5) is 7.85. The van der Waals surface area contributed by atoms with Crippen molar-refractivity contribution < 1.29 is 23.3 Å². The Morgan fingerprint density at radius 2 is 2.33 bits per heavy atom. The third-order valence-corrected chi connectivity index (χ3v) is 1.30. The Kier molecular flexibility index (Phi) is 3.09. The van der Waals surface area contributed by atoms with Gasteiger partial charge in [-0.2, -0.15) is 0 Å². The summed E-state index contributed by atoms with van der Waals surface area (Å²) in [5, 5.41) is 0. The molecule has 0 bridgehead atoms. The monoisotopic (exact) mass is 152 g/mol. The van der Waals surface area contributed by atoms with E-state index in [1.165, 1.54) is 6.20 Å². The summed E-state index contributed by atoms with van der Waals surface area (Å²) in [7, 11) is 0. The van der Waals surface area contributed by atoms with E-state index in [-0.39, 0.29) is 18.9 Å². The summed E-state index contributed by atoms with van der Waals surface area (Å²) in [6.45, 7) is 0. The summed E-state index contributed by atoms with van der Waals surface area (Å²) in [5.74, 6) is 0.554. The predicted molar refractivity (Wildman–Crippen MR) is 38.6 cm³/mol. The molecule has 4 heteroatoms. The second-order valence-electron chi connectivity index (χ2n) is 2.02. The van der Waals surface area contributed by atoms with Crippen LogP contribution in [0.4, 0.5) is 0 Å². The van der Waals surface area contributed by atoms with Crippen LogP contribution < -0.4 is 18.9 Å². The smallest absolute Gasteiger partial charge is 0.627 e. The Hall–Kier alpha value is -1.04. The molecule has 3 nitrogen and oxygen atoms in total. The Bertz CT molecular complexity index is 320. The van der Waals surface area contributed by atoms with Crippen LogP contribution in [0.2, 0.25) is 0 Å². The van der Waals surface area contributed by atoms with Crippen LogP contribution >= 0.6 is 0 Å². The van der Waals surface area contributed by atoms with Gasteiger partial charge in [0.05, 0.1) is 5.89 Å². The molecule has 0 unspecified atom stereocenters. The number of nitrogens with zero attached hydrogens (tertiary/aromatic N) is 2. The molecule has 2 heterocycles. The zero-order valence-electron chi connectivity index (χ0n) is 6.69. The van der Waals surface area contributed by atoms with E-state index < -0.39 is 0 Å². The fourth-order valence-corrected chi connectivity index (χ4v) is 0.816. The van der Waals surface area contributed by atoms with Gasteiger partial charge in [-0.05, 0) is 17.8 Å². The molecule has 0 atom stereocenters. The molecule has 0 aliphatic rings. The maximum atomic E-state index is 4.94. The van der Waals surface area contributed by atoms with Crippen molar-refractivity contribution in [3.05, 3.63) is 37.0 Å². The molecule has 12 heavy (non-hydrogen) atoms. The minimum atomic E-state index is 0. The van der Waals surface area contributed by atoms with Gasteiger partial charge in [-0.15, -0.1) is 0 Å². The largest absolute Gasteiger partial charge is 1.00 e. The average molecular weight is 152 g/mol. The van der Waals surface area contributed by atoms with Crippen LogP contribution in [0.15, 0.2) is 35.1 Å². The second kappa shape index (κ2) is 4.10. The Labute approximate surface area is 82.0 Å². The molecular formula is C8H5LiN2O. The van der Waals surface area contributed by atoms with E-state index in [2.05, 4.69) is 16.2 Å². The fraction of sp³-hybridized carbons (Fsp3) is 0. The van der Waals surface area contributed by atoms with E-state index in [1.807, 2.05) is 12.1 Å². The summed E-state index contributed by atoms with van der Waals surface area (Å²) in [6.07, 6.45) is 7.40. The maximum absolute atomic E-state index is 4.94. The molecule has 2 aromatic heterocycles. The van der Waals surface area contributed by atoms with E-state index in [0.29, 0.717) is 5.89 Å². The summed E-state index contributed by atoms with van der Waals surface area (Å²) >= 11 is 0. The van der Waals surface area contributed by atoms with Crippen LogP contribution in [0.1, 0.15) is 0 Å². The first-order chi connectivity index (χ1) is 5.47. The molecule has 2 rings (SSSR count). The van der Waals surface area contributed by atoms with Crippen molar-refractivity contribution in [3.8, 4) is 11.5 Å². The Morgan fingerprint density at radius 1 is 1.42 bits per heavy atom. The number of hydrogen-bond donors (Lipinski definition) is 0. The van der Waals surface area contributed by atoms with Gasteiger partial charge in [0.25, 0.3) is 0 Å². The van der Waals surface area contributed by atoms with Gasteiger partial charge < -0.3 is 9.40 Å². The number of oxazole rings is 1. The van der Waals surface area contributed by atoms with Crippen LogP contribution in [0.5, 0.6) is 0 Å². The average Bonchev–Trinajstić information content (AvgIpc) is 2.58. The van der Waals surface area contributed by atoms with Gasteiger partial charge in [0.15, 0.2) is 0 Å². The third kappa shape index (κ3) is 1.76. The van der Waals surface area contributed by atoms with Crippen LogP contribution in [-0.4, -0.2) is 9.97 Å². The van der Waals surface area contributed by atoms with E-state index >= 15 is 0 Å². The molecule has 0 aromatic carbocycles. The van der Waals surface area contributed by atoms with Crippen molar-refractivity contribution in [2.75, 3.05) is 0 Å². The van der Waals surface area contributed by atoms with E-state index in [0.717, 1.165) is 5.56 Å². The number of aromatic nitrogens is 2. The molecule has 0 saturated carbocycles. The van der Waals surface area contributed by atoms with Crippen molar-refractivity contribution in [2.24, 2.45) is 0 Å². The summed E-state index contributed by atoms with van der Waals surface area (Å²) < 4.78 is 4.94. The molecule has 0 N–H and O–H groups in total. The molecule has 0 amide bonds. The van der Waals surface area contributed by atoms with Gasteiger partial charge in [-0.3, -0.25) is 4.98 Å². The van der Waals surface area contributed by atoms with Crippen molar-refractivity contribution in [2.45, 2.75) is 0 Å². The normalized spacial score (nSPS) is 9.00. The van der Waals surface area contributed by atoms with Crippen molar-refractivity contribution in [1.29, 1.82) is 0 Å². The van der Waals surface area contributed by atoms with Gasteiger partial charge in [0.2, 0.25) is 0 Å². The zero-order valence-corrected chi connectivity index (χ0v) is 6.69. The van der Waals surface area contributed by atoms with Crippen LogP contribution in [0, 0.1) is 6.26 Å². The fourth-order valence-electron chi connectivity index (χ4n) is 0.816. The molecule has 0 saturated heterocycles. The molecule has 2 aromatic rings. The first-order valence-electron chi connectivity index (χ1n) is 3.19. The number of pyridine rings is 1. The quantitative estimate of drug-likeness (QED) is 0.370. The minimum Gasteiger partial charge on any atom is -0.627 e. The first-order valence-corrected chi connectivity index (χ1v) is 3.19. The third-order valence-electron chi connectivity index (χ3n) is 1.30. The number of hydrogen-bond acceptors (Lipinski definition) is 3. The van der Waals surface area contributed by atoms with Gasteiger partial charge in [-0.25, -0.2) is 0 Å². The van der Waals surface area contributed by atoms with Crippen LogP contribution in [0.25, 0.3) is 11.5 Å². The van der Waals surface area contributed by atoms with Crippen LogP contribution in [0.3, 0.4) is 0 Å². The SMILES string of the molecule is [Li+].[c-]1cnc(-c2cccnc2)o1. The van der Waals surface area contributed by atoms with Crippen molar-refractivity contribution in [3.63, 3.8) is 0 Å². The Balaban J connectivity index is 0.000000720. The first kappa shape index (κ1) is 9.05. The van der Waals surface area contributed by atoms with Crippen molar-refractivity contribution in [1.82, 2.24) is 9.97 Å². The maximum Gasteiger partial charge on any atom is 1.00 e. The molecule has 0 radical (unpaired) electrons. The van der Waals surface area contributed by atoms with Gasteiger partial charge in [0, 0.05) is 12.4 Å². The van der Waals surface area contributed by atoms with Gasteiger partial charge in [0.1, 0.15) is 0 Å². The summed E-state index contributed by atoms with van der Waals surface area (Å²) in [5.41, 5.74) is 0.869. The topological polar surface area (TPSA) is 38.9 Å².